The van der Waals surface area contributed by atoms with Gasteiger partial charge < -0.3 is 4.48 Å². The molecule has 0 aromatic heterocycles. The van der Waals surface area contributed by atoms with Gasteiger partial charge >= 0.3 is 0 Å². The summed E-state index contributed by atoms with van der Waals surface area (Å²) in [5.41, 5.74) is 1.60. The largest absolute Gasteiger partial charge is 0.320 e. The minimum absolute atomic E-state index is 0.755. The van der Waals surface area contributed by atoms with Crippen LogP contribution >= 0.6 is 0 Å². The number of quaternary nitrogens is 1. The molecule has 1 saturated heterocycles. The zero-order valence-corrected chi connectivity index (χ0v) is 13.2. The first kappa shape index (κ1) is 14.8. The first-order valence-corrected chi connectivity index (χ1v) is 8.19. The Morgan fingerprint density at radius 2 is 1.95 bits per heavy atom. The van der Waals surface area contributed by atoms with Gasteiger partial charge in [0.25, 0.3) is 0 Å². The van der Waals surface area contributed by atoms with Crippen LogP contribution in [0.15, 0.2) is 24.3 Å². The topological polar surface area (TPSA) is 0 Å². The third kappa shape index (κ3) is 3.51. The fourth-order valence-electron chi connectivity index (χ4n) is 4.51. The molecular formula is C18H32N+. The summed E-state index contributed by atoms with van der Waals surface area (Å²) in [6.45, 7) is 16.5. The van der Waals surface area contributed by atoms with E-state index in [0.717, 1.165) is 17.8 Å². The molecule has 0 amide bonds. The lowest BCUT2D eigenvalue weighted by atomic mass is 9.74. The van der Waals surface area contributed by atoms with Gasteiger partial charge in [0.15, 0.2) is 0 Å². The summed E-state index contributed by atoms with van der Waals surface area (Å²) in [6, 6.07) is 0. The minimum atomic E-state index is 0.755. The van der Waals surface area contributed by atoms with E-state index in [0.29, 0.717) is 0 Å². The second-order valence-corrected chi connectivity index (χ2v) is 7.22. The maximum absolute atomic E-state index is 4.02. The molecule has 0 aromatic carbocycles. The van der Waals surface area contributed by atoms with Gasteiger partial charge in [-0.2, -0.15) is 0 Å². The van der Waals surface area contributed by atoms with Crippen LogP contribution in [-0.2, 0) is 0 Å². The molecule has 3 atom stereocenters. The number of hydrogen-bond donors (Lipinski definition) is 0. The lowest BCUT2D eigenvalue weighted by Crippen LogP contribution is -2.55. The predicted molar refractivity (Wildman–Crippen MR) is 84.0 cm³/mol. The summed E-state index contributed by atoms with van der Waals surface area (Å²) in [5, 5.41) is 0. The molecule has 1 fully saturated rings. The van der Waals surface area contributed by atoms with Gasteiger partial charge in [-0.15, -0.1) is 0 Å². The van der Waals surface area contributed by atoms with E-state index in [1.165, 1.54) is 56.3 Å². The predicted octanol–water partition coefficient (Wildman–Crippen LogP) is 4.41. The van der Waals surface area contributed by atoms with Crippen molar-refractivity contribution in [1.82, 2.24) is 0 Å². The summed E-state index contributed by atoms with van der Waals surface area (Å²) >= 11 is 0. The standard InChI is InChI=1S/C18H32N/c1-5-9-19(10-7-6-8-11-19)14-18-16(3)12-15(2)13-17(18)4/h5,12,16-18H,1,6-11,13-14H2,2-4H3/q+1/t16-,17-,18+/m1/s1. The molecule has 0 radical (unpaired) electrons. The highest BCUT2D eigenvalue weighted by Gasteiger charge is 2.37. The highest BCUT2D eigenvalue weighted by Crippen LogP contribution is 2.36. The van der Waals surface area contributed by atoms with Gasteiger partial charge in [0.05, 0.1) is 26.2 Å². The lowest BCUT2D eigenvalue weighted by Gasteiger charge is -2.46. The number of likely N-dealkylation sites (tertiary alicyclic amines) is 1. The van der Waals surface area contributed by atoms with Gasteiger partial charge in [-0.1, -0.05) is 32.1 Å². The third-order valence-corrected chi connectivity index (χ3v) is 5.48. The molecule has 0 spiro atoms. The van der Waals surface area contributed by atoms with Crippen LogP contribution in [0.3, 0.4) is 0 Å². The Kier molecular flexibility index (Phi) is 4.89. The fourth-order valence-corrected chi connectivity index (χ4v) is 4.51. The smallest absolute Gasteiger partial charge is 0.0971 e. The Morgan fingerprint density at radius 1 is 1.26 bits per heavy atom. The first-order chi connectivity index (χ1) is 9.06. The van der Waals surface area contributed by atoms with E-state index in [1.807, 2.05) is 0 Å². The van der Waals surface area contributed by atoms with Crippen molar-refractivity contribution in [2.24, 2.45) is 17.8 Å². The minimum Gasteiger partial charge on any atom is -0.320 e. The average Bonchev–Trinajstić information content (AvgIpc) is 2.35. The highest BCUT2D eigenvalue weighted by atomic mass is 15.4. The van der Waals surface area contributed by atoms with E-state index in [4.69, 9.17) is 0 Å². The van der Waals surface area contributed by atoms with Gasteiger partial charge in [-0.25, -0.2) is 0 Å². The van der Waals surface area contributed by atoms with Gasteiger partial charge in [0.1, 0.15) is 0 Å². The third-order valence-electron chi connectivity index (χ3n) is 5.48. The molecule has 1 nitrogen and oxygen atoms in total. The number of nitrogens with zero attached hydrogens (tertiary/aromatic N) is 1. The molecule has 0 N–H and O–H groups in total. The Labute approximate surface area is 120 Å². The molecule has 1 aliphatic heterocycles. The molecule has 2 rings (SSSR count). The fraction of sp³-hybridized carbons (Fsp3) is 0.778. The molecule has 1 aliphatic carbocycles. The van der Waals surface area contributed by atoms with Crippen molar-refractivity contribution < 1.29 is 4.48 Å². The Balaban J connectivity index is 2.10. The second kappa shape index (κ2) is 6.26. The van der Waals surface area contributed by atoms with Crippen LogP contribution in [0, 0.1) is 17.8 Å². The monoisotopic (exact) mass is 262 g/mol. The van der Waals surface area contributed by atoms with E-state index in [-0.39, 0.29) is 0 Å². The molecule has 0 saturated carbocycles. The average molecular weight is 262 g/mol. The van der Waals surface area contributed by atoms with Crippen LogP contribution in [0.4, 0.5) is 0 Å². The van der Waals surface area contributed by atoms with E-state index >= 15 is 0 Å². The summed E-state index contributed by atoms with van der Waals surface area (Å²) in [4.78, 5) is 0. The van der Waals surface area contributed by atoms with Crippen molar-refractivity contribution in [3.63, 3.8) is 0 Å². The van der Waals surface area contributed by atoms with Crippen LogP contribution in [0.25, 0.3) is 0 Å². The van der Waals surface area contributed by atoms with Gasteiger partial charge in [-0.05, 0) is 50.5 Å². The van der Waals surface area contributed by atoms with Crippen molar-refractivity contribution in [3.8, 4) is 0 Å². The number of allylic oxidation sites excluding steroid dienone is 2. The van der Waals surface area contributed by atoms with Crippen molar-refractivity contribution in [1.29, 1.82) is 0 Å². The second-order valence-electron chi connectivity index (χ2n) is 7.22. The molecule has 2 aliphatic rings. The van der Waals surface area contributed by atoms with Crippen molar-refractivity contribution in [2.75, 3.05) is 26.2 Å². The maximum atomic E-state index is 4.02. The lowest BCUT2D eigenvalue weighted by molar-refractivity contribution is -0.931. The van der Waals surface area contributed by atoms with Crippen LogP contribution in [0.2, 0.25) is 0 Å². The molecule has 1 heteroatoms. The van der Waals surface area contributed by atoms with Gasteiger partial charge in [-0.3, -0.25) is 0 Å². The zero-order chi connectivity index (χ0) is 13.9. The normalized spacial score (nSPS) is 34.7. The van der Waals surface area contributed by atoms with Crippen LogP contribution in [0.1, 0.15) is 46.5 Å². The summed E-state index contributed by atoms with van der Waals surface area (Å²) < 4.78 is 1.32. The summed E-state index contributed by atoms with van der Waals surface area (Å²) in [7, 11) is 0. The van der Waals surface area contributed by atoms with E-state index in [1.54, 1.807) is 5.57 Å². The van der Waals surface area contributed by atoms with Crippen LogP contribution < -0.4 is 0 Å². The quantitative estimate of drug-likeness (QED) is 0.520. The van der Waals surface area contributed by atoms with Crippen molar-refractivity contribution >= 4 is 0 Å². The van der Waals surface area contributed by atoms with E-state index < -0.39 is 0 Å². The molecule has 108 valence electrons. The van der Waals surface area contributed by atoms with Crippen molar-refractivity contribution in [2.45, 2.75) is 46.5 Å². The van der Waals surface area contributed by atoms with Gasteiger partial charge in [0.2, 0.25) is 0 Å². The van der Waals surface area contributed by atoms with Crippen molar-refractivity contribution in [3.05, 3.63) is 24.3 Å². The molecule has 0 aromatic rings. The highest BCUT2D eigenvalue weighted by molar-refractivity contribution is 5.08. The summed E-state index contributed by atoms with van der Waals surface area (Å²) in [6.07, 6.45) is 10.3. The Bertz CT molecular complexity index is 336. The molecule has 1 heterocycles. The van der Waals surface area contributed by atoms with E-state index in [9.17, 15) is 0 Å². The summed E-state index contributed by atoms with van der Waals surface area (Å²) in [5.74, 6) is 2.47. The number of hydrogen-bond acceptors (Lipinski definition) is 0. The SMILES string of the molecule is C=CC[N+]1(C[C@H]2[C@H](C)C=C(C)C[C@H]2C)CCCCC1. The Morgan fingerprint density at radius 3 is 2.53 bits per heavy atom. The molecule has 0 unspecified atom stereocenters. The first-order valence-electron chi connectivity index (χ1n) is 8.19. The van der Waals surface area contributed by atoms with Crippen LogP contribution in [0.5, 0.6) is 0 Å². The maximum Gasteiger partial charge on any atom is 0.0971 e. The molecule has 0 bridgehead atoms. The molecular weight excluding hydrogens is 230 g/mol. The number of piperidine rings is 1. The van der Waals surface area contributed by atoms with Crippen LogP contribution in [-0.4, -0.2) is 30.7 Å². The van der Waals surface area contributed by atoms with Gasteiger partial charge in [0, 0.05) is 5.92 Å². The van der Waals surface area contributed by atoms with E-state index in [2.05, 4.69) is 39.5 Å². The number of rotatable bonds is 4. The Hall–Kier alpha value is -0.560. The zero-order valence-electron chi connectivity index (χ0n) is 13.2. The molecule has 19 heavy (non-hydrogen) atoms.